The second-order valence-electron chi connectivity index (χ2n) is 4.85. The molecule has 1 aliphatic heterocycles. The molecule has 0 bridgehead atoms. The van der Waals surface area contributed by atoms with Gasteiger partial charge in [-0.05, 0) is 29.2 Å². The van der Waals surface area contributed by atoms with Gasteiger partial charge >= 0.3 is 0 Å². The molecule has 1 fully saturated rings. The van der Waals surface area contributed by atoms with E-state index < -0.39 is 0 Å². The minimum atomic E-state index is 0.0519. The van der Waals surface area contributed by atoms with Crippen LogP contribution in [-0.4, -0.2) is 24.1 Å². The molecular formula is C16H17NO2. The van der Waals surface area contributed by atoms with Crippen LogP contribution >= 0.6 is 0 Å². The lowest BCUT2D eigenvalue weighted by Gasteiger charge is -2.26. The molecular weight excluding hydrogens is 238 g/mol. The van der Waals surface area contributed by atoms with Gasteiger partial charge in [0.05, 0.1) is 13.0 Å². The van der Waals surface area contributed by atoms with Crippen LogP contribution in [0, 0.1) is 0 Å². The van der Waals surface area contributed by atoms with Gasteiger partial charge in [0.25, 0.3) is 5.91 Å². The third kappa shape index (κ3) is 2.61. The summed E-state index contributed by atoms with van der Waals surface area (Å²) in [6.07, 6.45) is 2.47. The molecule has 0 saturated carbocycles. The number of hydroxylamine groups is 2. The van der Waals surface area contributed by atoms with Crippen LogP contribution in [0.25, 0.3) is 10.8 Å². The Bertz CT molecular complexity index is 583. The maximum absolute atomic E-state index is 12.2. The molecule has 3 rings (SSSR count). The molecule has 0 spiro atoms. The fourth-order valence-corrected chi connectivity index (χ4v) is 2.49. The molecule has 98 valence electrons. The van der Waals surface area contributed by atoms with Gasteiger partial charge in [0.2, 0.25) is 0 Å². The third-order valence-corrected chi connectivity index (χ3v) is 3.50. The number of carbonyl (C=O) groups excluding carboxylic acids is 1. The van der Waals surface area contributed by atoms with Crippen molar-refractivity contribution in [1.82, 2.24) is 5.06 Å². The molecule has 1 aliphatic rings. The maximum atomic E-state index is 12.2. The van der Waals surface area contributed by atoms with Gasteiger partial charge in [0, 0.05) is 6.54 Å². The minimum Gasteiger partial charge on any atom is -0.272 e. The highest BCUT2D eigenvalue weighted by molar-refractivity contribution is 5.90. The minimum absolute atomic E-state index is 0.0519. The van der Waals surface area contributed by atoms with E-state index in [9.17, 15) is 4.79 Å². The molecule has 3 heteroatoms. The Hall–Kier alpha value is -1.87. The van der Waals surface area contributed by atoms with Crippen molar-refractivity contribution in [3.63, 3.8) is 0 Å². The number of rotatable bonds is 2. The number of hydrogen-bond donors (Lipinski definition) is 0. The van der Waals surface area contributed by atoms with Crippen LogP contribution in [0.5, 0.6) is 0 Å². The fourth-order valence-electron chi connectivity index (χ4n) is 2.49. The summed E-state index contributed by atoms with van der Waals surface area (Å²) in [5.41, 5.74) is 1.07. The molecule has 1 saturated heterocycles. The van der Waals surface area contributed by atoms with Crippen molar-refractivity contribution < 1.29 is 9.63 Å². The first-order valence-electron chi connectivity index (χ1n) is 6.74. The van der Waals surface area contributed by atoms with Crippen molar-refractivity contribution in [2.24, 2.45) is 0 Å². The molecule has 0 aromatic heterocycles. The van der Waals surface area contributed by atoms with Crippen molar-refractivity contribution in [3.8, 4) is 0 Å². The molecule has 0 N–H and O–H groups in total. The topological polar surface area (TPSA) is 29.5 Å². The Morgan fingerprint density at radius 1 is 1.11 bits per heavy atom. The number of benzene rings is 2. The van der Waals surface area contributed by atoms with E-state index in [2.05, 4.69) is 18.2 Å². The van der Waals surface area contributed by atoms with Crippen molar-refractivity contribution in [2.45, 2.75) is 19.3 Å². The smallest absolute Gasteiger partial charge is 0.250 e. The highest BCUT2D eigenvalue weighted by atomic mass is 16.7. The molecule has 0 aliphatic carbocycles. The SMILES string of the molecule is O=C(Cc1cccc2ccccc12)N1CCCCO1. The van der Waals surface area contributed by atoms with Crippen LogP contribution in [0.4, 0.5) is 0 Å². The summed E-state index contributed by atoms with van der Waals surface area (Å²) in [6, 6.07) is 14.2. The number of amides is 1. The second kappa shape index (κ2) is 5.41. The van der Waals surface area contributed by atoms with Gasteiger partial charge in [-0.1, -0.05) is 42.5 Å². The highest BCUT2D eigenvalue weighted by Gasteiger charge is 2.18. The lowest BCUT2D eigenvalue weighted by atomic mass is 10.0. The Labute approximate surface area is 112 Å². The zero-order valence-electron chi connectivity index (χ0n) is 10.8. The predicted octanol–water partition coefficient (Wildman–Crippen LogP) is 2.94. The Balaban J connectivity index is 1.82. The first-order chi connectivity index (χ1) is 9.34. The zero-order valence-corrected chi connectivity index (χ0v) is 10.8. The normalized spacial score (nSPS) is 15.7. The molecule has 3 nitrogen and oxygen atoms in total. The van der Waals surface area contributed by atoms with Crippen LogP contribution < -0.4 is 0 Å². The quantitative estimate of drug-likeness (QED) is 0.825. The van der Waals surface area contributed by atoms with Crippen LogP contribution in [-0.2, 0) is 16.1 Å². The standard InChI is InChI=1S/C16H17NO2/c18-16(17-10-3-4-11-19-17)12-14-8-5-7-13-6-1-2-9-15(13)14/h1-2,5-9H,3-4,10-12H2. The van der Waals surface area contributed by atoms with E-state index in [1.807, 2.05) is 24.3 Å². The van der Waals surface area contributed by atoms with E-state index in [0.717, 1.165) is 23.8 Å². The van der Waals surface area contributed by atoms with Gasteiger partial charge < -0.3 is 0 Å². The summed E-state index contributed by atoms with van der Waals surface area (Å²) in [5.74, 6) is 0.0519. The first kappa shape index (κ1) is 12.2. The molecule has 2 aromatic carbocycles. The Morgan fingerprint density at radius 2 is 1.95 bits per heavy atom. The van der Waals surface area contributed by atoms with Crippen LogP contribution in [0.15, 0.2) is 42.5 Å². The van der Waals surface area contributed by atoms with Gasteiger partial charge in [-0.15, -0.1) is 0 Å². The number of hydrogen-bond acceptors (Lipinski definition) is 2. The van der Waals surface area contributed by atoms with Crippen molar-refractivity contribution in [1.29, 1.82) is 0 Å². The fraction of sp³-hybridized carbons (Fsp3) is 0.312. The highest BCUT2D eigenvalue weighted by Crippen LogP contribution is 2.20. The second-order valence-corrected chi connectivity index (χ2v) is 4.85. The summed E-state index contributed by atoms with van der Waals surface area (Å²) in [5, 5.41) is 3.84. The van der Waals surface area contributed by atoms with E-state index in [-0.39, 0.29) is 5.91 Å². The lowest BCUT2D eigenvalue weighted by molar-refractivity contribution is -0.196. The van der Waals surface area contributed by atoms with Gasteiger partial charge in [0.1, 0.15) is 0 Å². The summed E-state index contributed by atoms with van der Waals surface area (Å²) >= 11 is 0. The van der Waals surface area contributed by atoms with Crippen LogP contribution in [0.1, 0.15) is 18.4 Å². The van der Waals surface area contributed by atoms with Gasteiger partial charge in [-0.2, -0.15) is 0 Å². The number of carbonyl (C=O) groups is 1. The van der Waals surface area contributed by atoms with E-state index in [0.29, 0.717) is 19.6 Å². The van der Waals surface area contributed by atoms with Gasteiger partial charge in [-0.3, -0.25) is 9.63 Å². The monoisotopic (exact) mass is 255 g/mol. The first-order valence-corrected chi connectivity index (χ1v) is 6.74. The van der Waals surface area contributed by atoms with Gasteiger partial charge in [0.15, 0.2) is 0 Å². The van der Waals surface area contributed by atoms with Gasteiger partial charge in [-0.25, -0.2) is 5.06 Å². The Kier molecular flexibility index (Phi) is 3.47. The largest absolute Gasteiger partial charge is 0.272 e. The average Bonchev–Trinajstić information content (AvgIpc) is 2.48. The third-order valence-electron chi connectivity index (χ3n) is 3.50. The molecule has 1 amide bonds. The number of fused-ring (bicyclic) bond motifs is 1. The Morgan fingerprint density at radius 3 is 2.79 bits per heavy atom. The van der Waals surface area contributed by atoms with E-state index in [4.69, 9.17) is 4.84 Å². The van der Waals surface area contributed by atoms with Crippen LogP contribution in [0.3, 0.4) is 0 Å². The van der Waals surface area contributed by atoms with E-state index in [1.54, 1.807) is 0 Å². The summed E-state index contributed by atoms with van der Waals surface area (Å²) in [6.45, 7) is 1.37. The molecule has 0 unspecified atom stereocenters. The average molecular weight is 255 g/mol. The van der Waals surface area contributed by atoms with Crippen molar-refractivity contribution >= 4 is 16.7 Å². The molecule has 19 heavy (non-hydrogen) atoms. The molecule has 0 atom stereocenters. The molecule has 1 heterocycles. The molecule has 2 aromatic rings. The zero-order chi connectivity index (χ0) is 13.1. The van der Waals surface area contributed by atoms with Crippen LogP contribution in [0.2, 0.25) is 0 Å². The lowest BCUT2D eigenvalue weighted by Crippen LogP contribution is -2.36. The number of nitrogens with zero attached hydrogens (tertiary/aromatic N) is 1. The molecule has 0 radical (unpaired) electrons. The predicted molar refractivity (Wildman–Crippen MR) is 74.6 cm³/mol. The van der Waals surface area contributed by atoms with E-state index >= 15 is 0 Å². The summed E-state index contributed by atoms with van der Waals surface area (Å²) in [7, 11) is 0. The summed E-state index contributed by atoms with van der Waals surface area (Å²) < 4.78 is 0. The maximum Gasteiger partial charge on any atom is 0.250 e. The van der Waals surface area contributed by atoms with E-state index in [1.165, 1.54) is 10.4 Å². The van der Waals surface area contributed by atoms with Crippen molar-refractivity contribution in [2.75, 3.05) is 13.2 Å². The summed E-state index contributed by atoms with van der Waals surface area (Å²) in [4.78, 5) is 17.6. The van der Waals surface area contributed by atoms with Crippen molar-refractivity contribution in [3.05, 3.63) is 48.0 Å².